The van der Waals surface area contributed by atoms with Gasteiger partial charge in [0.1, 0.15) is 6.04 Å². The second-order valence-electron chi connectivity index (χ2n) is 4.30. The Morgan fingerprint density at radius 2 is 2.19 bits per heavy atom. The van der Waals surface area contributed by atoms with E-state index in [1.54, 1.807) is 0 Å². The molecule has 1 saturated heterocycles. The summed E-state index contributed by atoms with van der Waals surface area (Å²) in [6.45, 7) is 4.44. The highest BCUT2D eigenvalue weighted by atomic mass is 16.4. The summed E-state index contributed by atoms with van der Waals surface area (Å²) in [5.41, 5.74) is 0. The van der Waals surface area contributed by atoms with Gasteiger partial charge in [0, 0.05) is 12.6 Å². The number of nitrogens with zero attached hydrogens (tertiary/aromatic N) is 1. The number of hydrogen-bond acceptors (Lipinski definition) is 2. The van der Waals surface area contributed by atoms with Gasteiger partial charge >= 0.3 is 12.0 Å². The standard InChI is InChI=1S/C11H20N2O3/c1-3-8(2)12-11(16)13-7-5-4-6-9(13)10(14)15/h8-9H,3-7H2,1-2H3,(H,12,16)(H,14,15)/t8-,9-/m1/s1. The van der Waals surface area contributed by atoms with E-state index in [9.17, 15) is 9.59 Å². The van der Waals surface area contributed by atoms with E-state index in [0.717, 1.165) is 19.3 Å². The number of carbonyl (C=O) groups excluding carboxylic acids is 1. The third-order valence-electron chi connectivity index (χ3n) is 3.03. The number of hydrogen-bond donors (Lipinski definition) is 2. The van der Waals surface area contributed by atoms with Gasteiger partial charge in [-0.3, -0.25) is 0 Å². The van der Waals surface area contributed by atoms with Gasteiger partial charge in [-0.1, -0.05) is 6.92 Å². The maximum absolute atomic E-state index is 11.8. The number of carbonyl (C=O) groups is 2. The Balaban J connectivity index is 2.60. The smallest absolute Gasteiger partial charge is 0.326 e. The Hall–Kier alpha value is -1.26. The normalized spacial score (nSPS) is 22.6. The summed E-state index contributed by atoms with van der Waals surface area (Å²) >= 11 is 0. The third kappa shape index (κ3) is 3.12. The molecule has 0 radical (unpaired) electrons. The lowest BCUT2D eigenvalue weighted by Gasteiger charge is -2.33. The molecule has 0 aliphatic carbocycles. The molecule has 0 saturated carbocycles. The molecule has 2 amide bonds. The lowest BCUT2D eigenvalue weighted by Crippen LogP contribution is -2.53. The van der Waals surface area contributed by atoms with E-state index in [1.165, 1.54) is 4.90 Å². The van der Waals surface area contributed by atoms with Gasteiger partial charge in [-0.15, -0.1) is 0 Å². The van der Waals surface area contributed by atoms with Crippen molar-refractivity contribution in [2.75, 3.05) is 6.54 Å². The van der Waals surface area contributed by atoms with Gasteiger partial charge in [0.05, 0.1) is 0 Å². The second kappa shape index (κ2) is 5.72. The number of rotatable bonds is 3. The summed E-state index contributed by atoms with van der Waals surface area (Å²) in [6, 6.07) is -0.817. The van der Waals surface area contributed by atoms with E-state index < -0.39 is 12.0 Å². The van der Waals surface area contributed by atoms with E-state index >= 15 is 0 Å². The maximum atomic E-state index is 11.8. The molecule has 2 atom stereocenters. The van der Waals surface area contributed by atoms with E-state index in [1.807, 2.05) is 13.8 Å². The van der Waals surface area contributed by atoms with Crippen molar-refractivity contribution in [3.8, 4) is 0 Å². The quantitative estimate of drug-likeness (QED) is 0.767. The Morgan fingerprint density at radius 3 is 2.75 bits per heavy atom. The summed E-state index contributed by atoms with van der Waals surface area (Å²) in [6.07, 6.45) is 3.17. The predicted molar refractivity (Wildman–Crippen MR) is 60.3 cm³/mol. The molecule has 0 spiro atoms. The number of piperidine rings is 1. The van der Waals surface area contributed by atoms with Crippen molar-refractivity contribution < 1.29 is 14.7 Å². The predicted octanol–water partition coefficient (Wildman–Crippen LogP) is 1.43. The molecule has 92 valence electrons. The van der Waals surface area contributed by atoms with Gasteiger partial charge in [0.25, 0.3) is 0 Å². The molecule has 0 unspecified atom stereocenters. The molecule has 1 rings (SSSR count). The van der Waals surface area contributed by atoms with Crippen LogP contribution in [0, 0.1) is 0 Å². The van der Waals surface area contributed by atoms with Crippen LogP contribution in [-0.2, 0) is 4.79 Å². The monoisotopic (exact) mass is 228 g/mol. The Labute approximate surface area is 95.8 Å². The van der Waals surface area contributed by atoms with Gasteiger partial charge in [0.15, 0.2) is 0 Å². The van der Waals surface area contributed by atoms with Crippen LogP contribution in [0.1, 0.15) is 39.5 Å². The van der Waals surface area contributed by atoms with Crippen molar-refractivity contribution in [2.45, 2.75) is 51.6 Å². The van der Waals surface area contributed by atoms with Crippen LogP contribution in [0.2, 0.25) is 0 Å². The SMILES string of the molecule is CC[C@@H](C)NC(=O)N1CCCC[C@@H]1C(=O)O. The first-order chi connectivity index (χ1) is 7.56. The minimum Gasteiger partial charge on any atom is -0.480 e. The van der Waals surface area contributed by atoms with Gasteiger partial charge in [-0.25, -0.2) is 9.59 Å². The molecule has 5 nitrogen and oxygen atoms in total. The first-order valence-electron chi connectivity index (χ1n) is 5.86. The molecule has 5 heteroatoms. The molecule has 0 aromatic rings. The molecular formula is C11H20N2O3. The van der Waals surface area contributed by atoms with E-state index in [4.69, 9.17) is 5.11 Å². The van der Waals surface area contributed by atoms with Crippen molar-refractivity contribution in [1.29, 1.82) is 0 Å². The molecule has 0 aromatic carbocycles. The fraction of sp³-hybridized carbons (Fsp3) is 0.818. The van der Waals surface area contributed by atoms with E-state index in [-0.39, 0.29) is 12.1 Å². The molecule has 1 aliphatic heterocycles. The molecule has 0 bridgehead atoms. The number of aliphatic carboxylic acids is 1. The van der Waals surface area contributed by atoms with Crippen molar-refractivity contribution in [3.63, 3.8) is 0 Å². The number of nitrogens with one attached hydrogen (secondary N) is 1. The summed E-state index contributed by atoms with van der Waals surface area (Å²) in [4.78, 5) is 24.3. The van der Waals surface area contributed by atoms with Crippen LogP contribution in [-0.4, -0.2) is 40.6 Å². The largest absolute Gasteiger partial charge is 0.480 e. The summed E-state index contributed by atoms with van der Waals surface area (Å²) < 4.78 is 0. The second-order valence-corrected chi connectivity index (χ2v) is 4.30. The van der Waals surface area contributed by atoms with Gasteiger partial charge in [-0.2, -0.15) is 0 Å². The van der Waals surface area contributed by atoms with Crippen molar-refractivity contribution in [2.24, 2.45) is 0 Å². The van der Waals surface area contributed by atoms with Gasteiger partial charge in [0.2, 0.25) is 0 Å². The fourth-order valence-corrected chi connectivity index (χ4v) is 1.83. The molecule has 2 N–H and O–H groups in total. The van der Waals surface area contributed by atoms with Crippen LogP contribution < -0.4 is 5.32 Å². The van der Waals surface area contributed by atoms with Crippen molar-refractivity contribution >= 4 is 12.0 Å². The average molecular weight is 228 g/mol. The minimum absolute atomic E-state index is 0.0869. The number of carboxylic acid groups (broad SMARTS) is 1. The number of likely N-dealkylation sites (tertiary alicyclic amines) is 1. The third-order valence-corrected chi connectivity index (χ3v) is 3.03. The molecule has 16 heavy (non-hydrogen) atoms. The summed E-state index contributed by atoms with van der Waals surface area (Å²) in [5.74, 6) is -0.904. The Morgan fingerprint density at radius 1 is 1.50 bits per heavy atom. The fourth-order valence-electron chi connectivity index (χ4n) is 1.83. The highest BCUT2D eigenvalue weighted by Crippen LogP contribution is 2.17. The van der Waals surface area contributed by atoms with Crippen LogP contribution in [0.4, 0.5) is 4.79 Å². The van der Waals surface area contributed by atoms with Crippen LogP contribution >= 0.6 is 0 Å². The zero-order valence-corrected chi connectivity index (χ0v) is 9.90. The first kappa shape index (κ1) is 12.8. The average Bonchev–Trinajstić information content (AvgIpc) is 2.28. The van der Waals surface area contributed by atoms with E-state index in [2.05, 4.69) is 5.32 Å². The lowest BCUT2D eigenvalue weighted by molar-refractivity contribution is -0.143. The lowest BCUT2D eigenvalue weighted by atomic mass is 10.0. The maximum Gasteiger partial charge on any atom is 0.326 e. The number of carboxylic acids is 1. The van der Waals surface area contributed by atoms with E-state index in [0.29, 0.717) is 13.0 Å². The summed E-state index contributed by atoms with van der Waals surface area (Å²) in [7, 11) is 0. The zero-order valence-electron chi connectivity index (χ0n) is 9.90. The minimum atomic E-state index is -0.904. The topological polar surface area (TPSA) is 69.6 Å². The van der Waals surface area contributed by atoms with Crippen LogP contribution in [0.3, 0.4) is 0 Å². The number of urea groups is 1. The molecule has 1 fully saturated rings. The molecular weight excluding hydrogens is 208 g/mol. The van der Waals surface area contributed by atoms with Gasteiger partial charge in [-0.05, 0) is 32.6 Å². The Kier molecular flexibility index (Phi) is 4.58. The Bertz CT molecular complexity index is 268. The molecule has 1 aliphatic rings. The number of amides is 2. The molecule has 0 aromatic heterocycles. The van der Waals surface area contributed by atoms with Crippen LogP contribution in [0.25, 0.3) is 0 Å². The van der Waals surface area contributed by atoms with Crippen molar-refractivity contribution in [1.82, 2.24) is 10.2 Å². The first-order valence-corrected chi connectivity index (χ1v) is 5.86. The highest BCUT2D eigenvalue weighted by Gasteiger charge is 2.32. The van der Waals surface area contributed by atoms with Crippen LogP contribution in [0.15, 0.2) is 0 Å². The zero-order chi connectivity index (χ0) is 12.1. The van der Waals surface area contributed by atoms with Crippen LogP contribution in [0.5, 0.6) is 0 Å². The highest BCUT2D eigenvalue weighted by molar-refractivity contribution is 5.83. The summed E-state index contributed by atoms with van der Waals surface area (Å²) in [5, 5.41) is 11.8. The van der Waals surface area contributed by atoms with Gasteiger partial charge < -0.3 is 15.3 Å². The van der Waals surface area contributed by atoms with Crippen molar-refractivity contribution in [3.05, 3.63) is 0 Å². The molecule has 1 heterocycles.